The number of aryl methyl sites for hydroxylation is 1. The third kappa shape index (κ3) is 4.05. The molecule has 0 nitrogen and oxygen atoms in total. The van der Waals surface area contributed by atoms with Crippen molar-refractivity contribution in [2.75, 3.05) is 0 Å². The van der Waals surface area contributed by atoms with Crippen LogP contribution in [0.2, 0.25) is 0 Å². The topological polar surface area (TPSA) is 0 Å². The van der Waals surface area contributed by atoms with E-state index in [0.29, 0.717) is 0 Å². The van der Waals surface area contributed by atoms with Crippen LogP contribution in [0.3, 0.4) is 0 Å². The molecule has 0 amide bonds. The van der Waals surface area contributed by atoms with E-state index in [0.717, 1.165) is 4.21 Å². The lowest BCUT2D eigenvalue weighted by molar-refractivity contribution is 0.666. The van der Waals surface area contributed by atoms with E-state index in [2.05, 4.69) is 41.5 Å². The minimum atomic E-state index is 1.11. The standard InChI is InChI=1S/C10H15BrS2/c1-2-3-4-5-6-8-7-9(12)13-10(8)11/h7,12H,2-6H2,1H3. The Morgan fingerprint density at radius 1 is 1.38 bits per heavy atom. The van der Waals surface area contributed by atoms with Crippen molar-refractivity contribution in [3.63, 3.8) is 0 Å². The van der Waals surface area contributed by atoms with Crippen LogP contribution in [0.1, 0.15) is 38.2 Å². The van der Waals surface area contributed by atoms with E-state index in [-0.39, 0.29) is 0 Å². The fourth-order valence-corrected chi connectivity index (χ4v) is 3.62. The lowest BCUT2D eigenvalue weighted by Gasteiger charge is -1.98. The molecule has 0 fully saturated rings. The molecule has 1 rings (SSSR count). The van der Waals surface area contributed by atoms with E-state index in [1.54, 1.807) is 11.3 Å². The molecule has 0 radical (unpaired) electrons. The second-order valence-corrected chi connectivity index (χ2v) is 6.35. The zero-order chi connectivity index (χ0) is 9.68. The van der Waals surface area contributed by atoms with Crippen molar-refractivity contribution >= 4 is 39.9 Å². The predicted molar refractivity (Wildman–Crippen MR) is 67.1 cm³/mol. The Kier molecular flexibility index (Phi) is 5.44. The Hall–Kier alpha value is 0.530. The molecule has 0 spiro atoms. The summed E-state index contributed by atoms with van der Waals surface area (Å²) in [5, 5.41) is 0. The summed E-state index contributed by atoms with van der Waals surface area (Å²) in [7, 11) is 0. The van der Waals surface area contributed by atoms with Gasteiger partial charge in [0.1, 0.15) is 0 Å². The first-order valence-electron chi connectivity index (χ1n) is 4.71. The van der Waals surface area contributed by atoms with Gasteiger partial charge >= 0.3 is 0 Å². The molecule has 0 aliphatic rings. The van der Waals surface area contributed by atoms with E-state index >= 15 is 0 Å². The van der Waals surface area contributed by atoms with Crippen LogP contribution in [0, 0.1) is 0 Å². The van der Waals surface area contributed by atoms with Gasteiger partial charge < -0.3 is 0 Å². The molecule has 1 heterocycles. The van der Waals surface area contributed by atoms with Gasteiger partial charge in [0.05, 0.1) is 8.00 Å². The third-order valence-corrected chi connectivity index (χ3v) is 4.21. The fraction of sp³-hybridized carbons (Fsp3) is 0.600. The Morgan fingerprint density at radius 2 is 2.15 bits per heavy atom. The third-order valence-electron chi connectivity index (χ3n) is 2.04. The summed E-state index contributed by atoms with van der Waals surface area (Å²) in [5.74, 6) is 0. The van der Waals surface area contributed by atoms with Crippen molar-refractivity contribution < 1.29 is 0 Å². The molecule has 0 saturated carbocycles. The largest absolute Gasteiger partial charge is 0.133 e. The van der Waals surface area contributed by atoms with Gasteiger partial charge in [0, 0.05) is 0 Å². The zero-order valence-electron chi connectivity index (χ0n) is 7.85. The maximum atomic E-state index is 4.33. The van der Waals surface area contributed by atoms with Gasteiger partial charge in [0.25, 0.3) is 0 Å². The van der Waals surface area contributed by atoms with Gasteiger partial charge in [0.15, 0.2) is 0 Å². The van der Waals surface area contributed by atoms with Gasteiger partial charge in [-0.25, -0.2) is 0 Å². The van der Waals surface area contributed by atoms with E-state index in [9.17, 15) is 0 Å². The average Bonchev–Trinajstić information content (AvgIpc) is 2.39. The molecular weight excluding hydrogens is 264 g/mol. The minimum Gasteiger partial charge on any atom is -0.133 e. The lowest BCUT2D eigenvalue weighted by atomic mass is 10.1. The van der Waals surface area contributed by atoms with Gasteiger partial charge in [-0.2, -0.15) is 0 Å². The van der Waals surface area contributed by atoms with Crippen molar-refractivity contribution in [2.24, 2.45) is 0 Å². The number of thiophene rings is 1. The van der Waals surface area contributed by atoms with Gasteiger partial charge in [-0.3, -0.25) is 0 Å². The Labute approximate surface area is 98.3 Å². The minimum absolute atomic E-state index is 1.11. The van der Waals surface area contributed by atoms with Gasteiger partial charge in [-0.05, 0) is 40.4 Å². The highest BCUT2D eigenvalue weighted by molar-refractivity contribution is 9.11. The molecule has 0 unspecified atom stereocenters. The second-order valence-electron chi connectivity index (χ2n) is 3.19. The lowest BCUT2D eigenvalue weighted by Crippen LogP contribution is -1.83. The Morgan fingerprint density at radius 3 is 2.69 bits per heavy atom. The molecule has 1 aromatic rings. The summed E-state index contributed by atoms with van der Waals surface area (Å²) in [4.78, 5) is 0. The second kappa shape index (κ2) is 6.10. The highest BCUT2D eigenvalue weighted by Crippen LogP contribution is 2.31. The van der Waals surface area contributed by atoms with Crippen LogP contribution >= 0.6 is 39.9 Å². The Bertz CT molecular complexity index is 255. The maximum Gasteiger partial charge on any atom is 0.0742 e. The molecule has 13 heavy (non-hydrogen) atoms. The van der Waals surface area contributed by atoms with E-state index in [1.165, 1.54) is 41.5 Å². The molecule has 3 heteroatoms. The molecule has 0 bridgehead atoms. The molecule has 74 valence electrons. The summed E-state index contributed by atoms with van der Waals surface area (Å²) in [6, 6.07) is 2.17. The number of rotatable bonds is 5. The molecule has 0 aliphatic heterocycles. The van der Waals surface area contributed by atoms with Crippen LogP contribution in [0.4, 0.5) is 0 Å². The zero-order valence-corrected chi connectivity index (χ0v) is 11.1. The van der Waals surface area contributed by atoms with E-state index in [4.69, 9.17) is 0 Å². The maximum absolute atomic E-state index is 4.33. The van der Waals surface area contributed by atoms with Crippen LogP contribution in [-0.4, -0.2) is 0 Å². The summed E-state index contributed by atoms with van der Waals surface area (Å²) < 4.78 is 2.37. The van der Waals surface area contributed by atoms with Crippen molar-refractivity contribution in [2.45, 2.75) is 43.2 Å². The van der Waals surface area contributed by atoms with Crippen molar-refractivity contribution in [3.8, 4) is 0 Å². The first-order chi connectivity index (χ1) is 6.24. The molecular formula is C10H15BrS2. The van der Waals surface area contributed by atoms with Gasteiger partial charge in [0.2, 0.25) is 0 Å². The molecule has 0 saturated heterocycles. The normalized spacial score (nSPS) is 10.7. The number of thiol groups is 1. The van der Waals surface area contributed by atoms with Gasteiger partial charge in [-0.1, -0.05) is 26.2 Å². The molecule has 0 aromatic carbocycles. The molecule has 0 aliphatic carbocycles. The first-order valence-corrected chi connectivity index (χ1v) is 6.77. The SMILES string of the molecule is CCCCCCc1cc(S)sc1Br. The van der Waals surface area contributed by atoms with Crippen LogP contribution in [0.5, 0.6) is 0 Å². The monoisotopic (exact) mass is 278 g/mol. The predicted octanol–water partition coefficient (Wildman–Crippen LogP) is 4.92. The van der Waals surface area contributed by atoms with E-state index in [1.807, 2.05) is 0 Å². The van der Waals surface area contributed by atoms with Gasteiger partial charge in [-0.15, -0.1) is 24.0 Å². The summed E-state index contributed by atoms with van der Waals surface area (Å²) in [6.07, 6.45) is 6.51. The van der Waals surface area contributed by atoms with Crippen LogP contribution in [0.25, 0.3) is 0 Å². The number of unbranched alkanes of at least 4 members (excludes halogenated alkanes) is 3. The molecule has 0 N–H and O–H groups in total. The van der Waals surface area contributed by atoms with Crippen molar-refractivity contribution in [1.29, 1.82) is 0 Å². The van der Waals surface area contributed by atoms with Crippen LogP contribution in [0.15, 0.2) is 14.1 Å². The fourth-order valence-electron chi connectivity index (χ4n) is 1.31. The quantitative estimate of drug-likeness (QED) is 0.574. The summed E-state index contributed by atoms with van der Waals surface area (Å²) >= 11 is 9.60. The molecule has 1 aromatic heterocycles. The summed E-state index contributed by atoms with van der Waals surface area (Å²) in [6.45, 7) is 2.24. The smallest absolute Gasteiger partial charge is 0.0742 e. The van der Waals surface area contributed by atoms with Crippen molar-refractivity contribution in [1.82, 2.24) is 0 Å². The Balaban J connectivity index is 2.32. The van der Waals surface area contributed by atoms with Crippen molar-refractivity contribution in [3.05, 3.63) is 15.4 Å². The average molecular weight is 279 g/mol. The number of halogens is 1. The highest BCUT2D eigenvalue weighted by Gasteiger charge is 2.03. The van der Waals surface area contributed by atoms with E-state index < -0.39 is 0 Å². The summed E-state index contributed by atoms with van der Waals surface area (Å²) in [5.41, 5.74) is 1.42. The number of hydrogen-bond donors (Lipinski definition) is 1. The van der Waals surface area contributed by atoms with Crippen LogP contribution in [-0.2, 0) is 6.42 Å². The molecule has 0 atom stereocenters. The number of hydrogen-bond acceptors (Lipinski definition) is 2. The highest BCUT2D eigenvalue weighted by atomic mass is 79.9. The van der Waals surface area contributed by atoms with Crippen LogP contribution < -0.4 is 0 Å². The first kappa shape index (κ1) is 11.6.